The molecule has 16 heavy (non-hydrogen) atoms. The molecule has 94 valence electrons. The quantitative estimate of drug-likeness (QED) is 0.715. The van der Waals surface area contributed by atoms with Crippen LogP contribution in [-0.2, 0) is 0 Å². The maximum Gasteiger partial charge on any atom is 0.0603 e. The molecule has 1 saturated heterocycles. The number of hydrogen-bond acceptors (Lipinski definition) is 2. The van der Waals surface area contributed by atoms with Gasteiger partial charge in [0.05, 0.1) is 6.17 Å². The lowest BCUT2D eigenvalue weighted by Crippen LogP contribution is -2.58. The van der Waals surface area contributed by atoms with E-state index in [1.54, 1.807) is 0 Å². The third kappa shape index (κ3) is 2.43. The Morgan fingerprint density at radius 3 is 2.06 bits per heavy atom. The summed E-state index contributed by atoms with van der Waals surface area (Å²) < 4.78 is 0. The second kappa shape index (κ2) is 5.05. The predicted molar refractivity (Wildman–Crippen MR) is 69.2 cm³/mol. The molecular weight excluding hydrogens is 196 g/mol. The molecule has 0 aromatic rings. The van der Waals surface area contributed by atoms with Gasteiger partial charge < -0.3 is 10.6 Å². The summed E-state index contributed by atoms with van der Waals surface area (Å²) in [5.41, 5.74) is 0. The van der Waals surface area contributed by atoms with E-state index < -0.39 is 0 Å². The van der Waals surface area contributed by atoms with E-state index in [2.05, 4.69) is 38.3 Å². The Balaban J connectivity index is 1.94. The van der Waals surface area contributed by atoms with Crippen LogP contribution in [0.5, 0.6) is 0 Å². The Bertz CT molecular complexity index is 221. The van der Waals surface area contributed by atoms with Gasteiger partial charge in [0.1, 0.15) is 0 Å². The molecule has 1 aliphatic carbocycles. The van der Waals surface area contributed by atoms with E-state index >= 15 is 0 Å². The number of nitrogens with one attached hydrogen (secondary N) is 2. The summed E-state index contributed by atoms with van der Waals surface area (Å²) in [5, 5.41) is 7.39. The summed E-state index contributed by atoms with van der Waals surface area (Å²) >= 11 is 0. The van der Waals surface area contributed by atoms with Gasteiger partial charge in [0.2, 0.25) is 0 Å². The van der Waals surface area contributed by atoms with Crippen molar-refractivity contribution in [2.24, 2.45) is 29.6 Å². The molecule has 0 spiro atoms. The van der Waals surface area contributed by atoms with Crippen molar-refractivity contribution in [3.63, 3.8) is 0 Å². The molecule has 0 amide bonds. The third-order valence-corrected chi connectivity index (χ3v) is 5.16. The van der Waals surface area contributed by atoms with Crippen LogP contribution in [-0.4, -0.2) is 19.3 Å². The minimum Gasteiger partial charge on any atom is -0.301 e. The van der Waals surface area contributed by atoms with Crippen molar-refractivity contribution < 1.29 is 0 Å². The summed E-state index contributed by atoms with van der Waals surface area (Å²) in [7, 11) is 0. The predicted octanol–water partition coefficient (Wildman–Crippen LogP) is 2.46. The zero-order valence-electron chi connectivity index (χ0n) is 11.3. The Kier molecular flexibility index (Phi) is 3.91. The van der Waals surface area contributed by atoms with Crippen molar-refractivity contribution >= 4 is 0 Å². The van der Waals surface area contributed by atoms with Crippen molar-refractivity contribution in [1.82, 2.24) is 10.6 Å². The summed E-state index contributed by atoms with van der Waals surface area (Å²) in [4.78, 5) is 0. The van der Waals surface area contributed by atoms with Gasteiger partial charge in [-0.05, 0) is 36.0 Å². The molecule has 2 aliphatic rings. The van der Waals surface area contributed by atoms with Crippen LogP contribution in [0.1, 0.15) is 40.5 Å². The second-order valence-electron chi connectivity index (χ2n) is 6.34. The monoisotopic (exact) mass is 224 g/mol. The van der Waals surface area contributed by atoms with E-state index in [-0.39, 0.29) is 0 Å². The van der Waals surface area contributed by atoms with Crippen LogP contribution in [0.3, 0.4) is 0 Å². The molecule has 0 bridgehead atoms. The van der Waals surface area contributed by atoms with Gasteiger partial charge in [-0.25, -0.2) is 0 Å². The van der Waals surface area contributed by atoms with Gasteiger partial charge in [0.15, 0.2) is 0 Å². The largest absolute Gasteiger partial charge is 0.301 e. The van der Waals surface area contributed by atoms with Crippen molar-refractivity contribution in [3.05, 3.63) is 0 Å². The second-order valence-corrected chi connectivity index (χ2v) is 6.34. The fourth-order valence-electron chi connectivity index (χ4n) is 3.46. The van der Waals surface area contributed by atoms with Gasteiger partial charge in [-0.15, -0.1) is 0 Å². The van der Waals surface area contributed by atoms with Gasteiger partial charge in [-0.3, -0.25) is 0 Å². The molecule has 0 aromatic heterocycles. The minimum absolute atomic E-state index is 0.571. The van der Waals surface area contributed by atoms with Crippen LogP contribution in [0.25, 0.3) is 0 Å². The van der Waals surface area contributed by atoms with E-state index in [4.69, 9.17) is 0 Å². The first-order valence-electron chi connectivity index (χ1n) is 7.06. The zero-order valence-corrected chi connectivity index (χ0v) is 11.3. The highest BCUT2D eigenvalue weighted by atomic mass is 15.2. The molecule has 2 N–H and O–H groups in total. The van der Waals surface area contributed by atoms with Crippen LogP contribution in [0.4, 0.5) is 0 Å². The van der Waals surface area contributed by atoms with Crippen LogP contribution in [0.2, 0.25) is 0 Å². The molecule has 1 aliphatic heterocycles. The van der Waals surface area contributed by atoms with E-state index in [0.717, 1.165) is 29.6 Å². The first-order valence-corrected chi connectivity index (χ1v) is 7.06. The molecule has 0 aromatic carbocycles. The van der Waals surface area contributed by atoms with E-state index in [1.807, 2.05) is 0 Å². The standard InChI is InChI=1S/C14H28N2/c1-9-7-15-14(16-8-9)13-6-5-10(2)11(3)12(13)4/h9-16H,5-8H2,1-4H3. The highest BCUT2D eigenvalue weighted by molar-refractivity contribution is 4.89. The van der Waals surface area contributed by atoms with Crippen molar-refractivity contribution in [2.75, 3.05) is 13.1 Å². The van der Waals surface area contributed by atoms with Gasteiger partial charge in [0, 0.05) is 13.1 Å². The van der Waals surface area contributed by atoms with E-state index in [1.165, 1.54) is 25.9 Å². The lowest BCUT2D eigenvalue weighted by Gasteiger charge is -2.44. The van der Waals surface area contributed by atoms with Crippen LogP contribution < -0.4 is 10.6 Å². The van der Waals surface area contributed by atoms with Gasteiger partial charge in [-0.2, -0.15) is 0 Å². The van der Waals surface area contributed by atoms with Crippen LogP contribution >= 0.6 is 0 Å². The summed E-state index contributed by atoms with van der Waals surface area (Å²) in [5.74, 6) is 4.25. The van der Waals surface area contributed by atoms with Crippen LogP contribution in [0.15, 0.2) is 0 Å². The summed E-state index contributed by atoms with van der Waals surface area (Å²) in [6.45, 7) is 12.0. The topological polar surface area (TPSA) is 24.1 Å². The molecular formula is C14H28N2. The van der Waals surface area contributed by atoms with Crippen molar-refractivity contribution in [2.45, 2.75) is 46.7 Å². The summed E-state index contributed by atoms with van der Waals surface area (Å²) in [6, 6.07) is 0. The maximum atomic E-state index is 3.69. The average molecular weight is 224 g/mol. The molecule has 1 saturated carbocycles. The third-order valence-electron chi connectivity index (χ3n) is 5.16. The van der Waals surface area contributed by atoms with Crippen molar-refractivity contribution in [1.29, 1.82) is 0 Å². The highest BCUT2D eigenvalue weighted by Crippen LogP contribution is 2.39. The van der Waals surface area contributed by atoms with Gasteiger partial charge in [-0.1, -0.05) is 34.1 Å². The first kappa shape index (κ1) is 12.4. The highest BCUT2D eigenvalue weighted by Gasteiger charge is 2.36. The number of rotatable bonds is 1. The fraction of sp³-hybridized carbons (Fsp3) is 1.00. The van der Waals surface area contributed by atoms with Gasteiger partial charge in [0.25, 0.3) is 0 Å². The molecule has 2 nitrogen and oxygen atoms in total. The number of hydrogen-bond donors (Lipinski definition) is 2. The molecule has 4 unspecified atom stereocenters. The SMILES string of the molecule is CC1CNC(C2CCC(C)C(C)C2C)NC1. The first-order chi connectivity index (χ1) is 7.59. The summed E-state index contributed by atoms with van der Waals surface area (Å²) in [6.07, 6.45) is 3.37. The molecule has 2 heteroatoms. The van der Waals surface area contributed by atoms with Crippen LogP contribution in [0, 0.1) is 29.6 Å². The maximum absolute atomic E-state index is 3.69. The minimum atomic E-state index is 0.571. The Morgan fingerprint density at radius 2 is 1.44 bits per heavy atom. The average Bonchev–Trinajstić information content (AvgIpc) is 2.28. The van der Waals surface area contributed by atoms with E-state index in [0.29, 0.717) is 6.17 Å². The zero-order chi connectivity index (χ0) is 11.7. The Hall–Kier alpha value is -0.0800. The normalized spacial score (nSPS) is 50.2. The molecule has 1 heterocycles. The van der Waals surface area contributed by atoms with Gasteiger partial charge >= 0.3 is 0 Å². The Morgan fingerprint density at radius 1 is 0.812 bits per heavy atom. The lowest BCUT2D eigenvalue weighted by molar-refractivity contribution is 0.0733. The fourth-order valence-corrected chi connectivity index (χ4v) is 3.46. The van der Waals surface area contributed by atoms with Crippen molar-refractivity contribution in [3.8, 4) is 0 Å². The smallest absolute Gasteiger partial charge is 0.0603 e. The molecule has 2 rings (SSSR count). The lowest BCUT2D eigenvalue weighted by atomic mass is 9.67. The molecule has 2 fully saturated rings. The molecule has 4 atom stereocenters. The Labute approximate surface area is 101 Å². The molecule has 0 radical (unpaired) electrons. The van der Waals surface area contributed by atoms with E-state index in [9.17, 15) is 0 Å².